The number of unbranched alkanes of at least 4 members (excludes halogenated alkanes) is 16. The zero-order valence-corrected chi connectivity index (χ0v) is 20.2. The first-order chi connectivity index (χ1) is 14.5. The smallest absolute Gasteiger partial charge is 0.378 e. The molecule has 0 fully saturated rings. The van der Waals surface area contributed by atoms with Crippen LogP contribution in [-0.2, 0) is 4.74 Å². The van der Waals surface area contributed by atoms with E-state index in [1.54, 1.807) is 0 Å². The van der Waals surface area contributed by atoms with Crippen LogP contribution < -0.4 is 0 Å². The highest BCUT2D eigenvalue weighted by Gasteiger charge is 2.27. The van der Waals surface area contributed by atoms with Gasteiger partial charge in [0, 0.05) is 0 Å². The lowest BCUT2D eigenvalue weighted by Gasteiger charge is -2.18. The lowest BCUT2D eigenvalue weighted by molar-refractivity contribution is -0.149. The molecule has 0 bridgehead atoms. The second-order valence-electron chi connectivity index (χ2n) is 9.09. The van der Waals surface area contributed by atoms with Crippen LogP contribution in [0.15, 0.2) is 0 Å². The summed E-state index contributed by atoms with van der Waals surface area (Å²) < 4.78 is 42.9. The molecule has 0 amide bonds. The third kappa shape index (κ3) is 24.0. The number of halogens is 3. The Bertz CT molecular complexity index is 331. The normalized spacial score (nSPS) is 13.1. The highest BCUT2D eigenvalue weighted by molar-refractivity contribution is 4.62. The van der Waals surface area contributed by atoms with Gasteiger partial charge in [0.1, 0.15) is 0 Å². The Kier molecular flexibility index (Phi) is 21.8. The molecule has 1 atom stereocenters. The maximum atomic E-state index is 12.4. The Morgan fingerprint density at radius 2 is 0.867 bits per heavy atom. The van der Waals surface area contributed by atoms with E-state index in [0.717, 1.165) is 25.7 Å². The summed E-state index contributed by atoms with van der Waals surface area (Å²) >= 11 is 0. The molecule has 0 aromatic carbocycles. The molecule has 0 N–H and O–H groups in total. The van der Waals surface area contributed by atoms with Gasteiger partial charge >= 0.3 is 6.18 Å². The Morgan fingerprint density at radius 3 is 1.20 bits per heavy atom. The van der Waals surface area contributed by atoms with Crippen LogP contribution in [0, 0.1) is 0 Å². The maximum Gasteiger partial charge on any atom is 0.391 e. The van der Waals surface area contributed by atoms with Gasteiger partial charge in [0.2, 0.25) is 0 Å². The minimum Gasteiger partial charge on any atom is -0.378 e. The van der Waals surface area contributed by atoms with Gasteiger partial charge in [-0.15, -0.1) is 0 Å². The van der Waals surface area contributed by atoms with E-state index in [0.29, 0.717) is 0 Å². The summed E-state index contributed by atoms with van der Waals surface area (Å²) in [6.45, 7) is 4.29. The van der Waals surface area contributed by atoms with Crippen molar-refractivity contribution < 1.29 is 17.9 Å². The molecule has 0 aromatic rings. The van der Waals surface area contributed by atoms with E-state index in [9.17, 15) is 13.2 Å². The van der Waals surface area contributed by atoms with Crippen molar-refractivity contribution in [3.8, 4) is 0 Å². The van der Waals surface area contributed by atoms with Crippen molar-refractivity contribution in [2.75, 3.05) is 6.61 Å². The van der Waals surface area contributed by atoms with Crippen LogP contribution in [0.25, 0.3) is 0 Å². The molecule has 0 rings (SSSR count). The largest absolute Gasteiger partial charge is 0.391 e. The molecule has 182 valence electrons. The third-order valence-electron chi connectivity index (χ3n) is 6.00. The fourth-order valence-corrected chi connectivity index (χ4v) is 4.02. The van der Waals surface area contributed by atoms with Gasteiger partial charge in [0.25, 0.3) is 0 Å². The first kappa shape index (κ1) is 29.8. The van der Waals surface area contributed by atoms with Crippen molar-refractivity contribution in [1.82, 2.24) is 0 Å². The van der Waals surface area contributed by atoms with Crippen LogP contribution >= 0.6 is 0 Å². The number of alkyl halides is 3. The zero-order chi connectivity index (χ0) is 22.3. The fourth-order valence-electron chi connectivity index (χ4n) is 4.02. The second-order valence-corrected chi connectivity index (χ2v) is 9.09. The van der Waals surface area contributed by atoms with Crippen molar-refractivity contribution in [2.24, 2.45) is 0 Å². The number of ether oxygens (including phenoxy) is 1. The van der Waals surface area contributed by atoms with Crippen molar-refractivity contribution in [2.45, 2.75) is 161 Å². The van der Waals surface area contributed by atoms with Gasteiger partial charge in [-0.2, -0.15) is 13.2 Å². The molecular formula is C26H51F3O. The van der Waals surface area contributed by atoms with E-state index in [4.69, 9.17) is 4.74 Å². The van der Waals surface area contributed by atoms with Crippen LogP contribution in [0.1, 0.15) is 149 Å². The van der Waals surface area contributed by atoms with E-state index in [2.05, 4.69) is 13.8 Å². The highest BCUT2D eigenvalue weighted by atomic mass is 19.4. The van der Waals surface area contributed by atoms with E-state index in [-0.39, 0.29) is 12.7 Å². The van der Waals surface area contributed by atoms with Crippen LogP contribution in [0.2, 0.25) is 0 Å². The van der Waals surface area contributed by atoms with Crippen LogP contribution in [0.4, 0.5) is 13.2 Å². The second kappa shape index (κ2) is 22.0. The van der Waals surface area contributed by atoms with Gasteiger partial charge in [-0.05, 0) is 12.8 Å². The van der Waals surface area contributed by atoms with Crippen molar-refractivity contribution >= 4 is 0 Å². The van der Waals surface area contributed by atoms with E-state index < -0.39 is 12.6 Å². The summed E-state index contributed by atoms with van der Waals surface area (Å²) in [6, 6.07) is 0. The Balaban J connectivity index is 3.79. The van der Waals surface area contributed by atoms with Gasteiger partial charge in [-0.3, -0.25) is 0 Å². The van der Waals surface area contributed by atoms with Crippen LogP contribution in [0.5, 0.6) is 0 Å². The van der Waals surface area contributed by atoms with Crippen LogP contribution in [-0.4, -0.2) is 18.9 Å². The molecule has 1 unspecified atom stereocenters. The van der Waals surface area contributed by atoms with Gasteiger partial charge in [-0.1, -0.05) is 129 Å². The Labute approximate surface area is 185 Å². The Hall–Kier alpha value is -0.250. The van der Waals surface area contributed by atoms with Gasteiger partial charge in [-0.25, -0.2) is 0 Å². The first-order valence-corrected chi connectivity index (χ1v) is 13.2. The number of rotatable bonds is 23. The van der Waals surface area contributed by atoms with Crippen LogP contribution in [0.3, 0.4) is 0 Å². The third-order valence-corrected chi connectivity index (χ3v) is 6.00. The molecule has 0 aromatic heterocycles. The minimum absolute atomic E-state index is 0.0153. The SMILES string of the molecule is CCCCCCCCCCCCCC(CCCCCCCCC)OCCC(F)(F)F. The molecule has 0 saturated carbocycles. The van der Waals surface area contributed by atoms with Crippen molar-refractivity contribution in [3.05, 3.63) is 0 Å². The average Bonchev–Trinajstić information content (AvgIpc) is 2.70. The minimum atomic E-state index is -4.11. The lowest BCUT2D eigenvalue weighted by atomic mass is 10.0. The molecule has 0 aliphatic carbocycles. The quantitative estimate of drug-likeness (QED) is 0.145. The Morgan fingerprint density at radius 1 is 0.533 bits per heavy atom. The van der Waals surface area contributed by atoms with Gasteiger partial charge < -0.3 is 4.74 Å². The summed E-state index contributed by atoms with van der Waals surface area (Å²) in [5, 5.41) is 0. The maximum absolute atomic E-state index is 12.4. The molecule has 0 radical (unpaired) electrons. The van der Waals surface area contributed by atoms with E-state index in [1.807, 2.05) is 0 Å². The lowest BCUT2D eigenvalue weighted by Crippen LogP contribution is -2.18. The predicted molar refractivity (Wildman–Crippen MR) is 124 cm³/mol. The summed E-state index contributed by atoms with van der Waals surface area (Å²) in [7, 11) is 0. The molecular weight excluding hydrogens is 385 g/mol. The topological polar surface area (TPSA) is 9.23 Å². The molecule has 30 heavy (non-hydrogen) atoms. The van der Waals surface area contributed by atoms with Gasteiger partial charge in [0.15, 0.2) is 0 Å². The highest BCUT2D eigenvalue weighted by Crippen LogP contribution is 2.22. The average molecular weight is 437 g/mol. The monoisotopic (exact) mass is 436 g/mol. The number of hydrogen-bond acceptors (Lipinski definition) is 1. The van der Waals surface area contributed by atoms with Crippen molar-refractivity contribution in [1.29, 1.82) is 0 Å². The molecule has 0 heterocycles. The zero-order valence-electron chi connectivity index (χ0n) is 20.2. The predicted octanol–water partition coefficient (Wildman–Crippen LogP) is 10.2. The first-order valence-electron chi connectivity index (χ1n) is 13.2. The number of hydrogen-bond donors (Lipinski definition) is 0. The molecule has 0 spiro atoms. The summed E-state index contributed by atoms with van der Waals surface area (Å²) in [5.41, 5.74) is 0. The summed E-state index contributed by atoms with van der Waals surface area (Å²) in [4.78, 5) is 0. The molecule has 0 aliphatic heterocycles. The standard InChI is InChI=1S/C26H51F3O/c1-3-5-7-9-11-12-13-14-16-18-20-22-25(30-24-23-26(27,28)29)21-19-17-15-10-8-6-4-2/h25H,3-24H2,1-2H3. The molecule has 4 heteroatoms. The van der Waals surface area contributed by atoms with Crippen molar-refractivity contribution in [3.63, 3.8) is 0 Å². The molecule has 0 aliphatic rings. The van der Waals surface area contributed by atoms with Gasteiger partial charge in [0.05, 0.1) is 19.1 Å². The summed E-state index contributed by atoms with van der Waals surface area (Å²) in [6.07, 6.45) is 19.9. The summed E-state index contributed by atoms with van der Waals surface area (Å²) in [5.74, 6) is 0. The molecule has 0 saturated heterocycles. The van der Waals surface area contributed by atoms with E-state index in [1.165, 1.54) is 103 Å². The fraction of sp³-hybridized carbons (Fsp3) is 1.00. The van der Waals surface area contributed by atoms with E-state index >= 15 is 0 Å². The molecule has 1 nitrogen and oxygen atoms in total.